The first-order chi connectivity index (χ1) is 5.70. The lowest BCUT2D eigenvalue weighted by Crippen LogP contribution is -2.31. The van der Waals surface area contributed by atoms with Crippen molar-refractivity contribution in [1.82, 2.24) is 0 Å². The monoisotopic (exact) mass is 180 g/mol. The van der Waals surface area contributed by atoms with Crippen molar-refractivity contribution in [1.29, 1.82) is 0 Å². The second-order valence-corrected chi connectivity index (χ2v) is 3.16. The van der Waals surface area contributed by atoms with Gasteiger partial charge < -0.3 is 14.6 Å². The molecule has 0 radical (unpaired) electrons. The number of fused-ring (bicyclic) bond motifs is 1. The van der Waals surface area contributed by atoms with Gasteiger partial charge in [0.25, 0.3) is 0 Å². The van der Waals surface area contributed by atoms with E-state index in [1.54, 1.807) is 0 Å². The van der Waals surface area contributed by atoms with Crippen LogP contribution in [-0.2, 0) is 9.47 Å². The molecule has 3 nitrogen and oxygen atoms in total. The molecule has 0 bridgehead atoms. The topological polar surface area (TPSA) is 38.7 Å². The fourth-order valence-corrected chi connectivity index (χ4v) is 1.72. The normalized spacial score (nSPS) is 47.0. The van der Waals surface area contributed by atoms with Crippen molar-refractivity contribution >= 4 is 0 Å². The predicted molar refractivity (Wildman–Crippen MR) is 35.0 cm³/mol. The van der Waals surface area contributed by atoms with Gasteiger partial charge in [0.1, 0.15) is 12.2 Å². The third-order valence-corrected chi connectivity index (χ3v) is 2.39. The van der Waals surface area contributed by atoms with Gasteiger partial charge in [-0.2, -0.15) is 0 Å². The Hall–Kier alpha value is -0.260. The third kappa shape index (κ3) is 1.12. The van der Waals surface area contributed by atoms with Gasteiger partial charge in [-0.05, 0) is 0 Å². The summed E-state index contributed by atoms with van der Waals surface area (Å²) in [6.07, 6.45) is -4.31. The van der Waals surface area contributed by atoms with E-state index in [9.17, 15) is 13.9 Å². The molecule has 0 spiro atoms. The molecule has 2 aliphatic rings. The summed E-state index contributed by atoms with van der Waals surface area (Å²) in [4.78, 5) is 0. The summed E-state index contributed by atoms with van der Waals surface area (Å²) in [5.41, 5.74) is 0. The zero-order valence-corrected chi connectivity index (χ0v) is 6.32. The van der Waals surface area contributed by atoms with E-state index < -0.39 is 30.7 Å². The van der Waals surface area contributed by atoms with Crippen LogP contribution in [0.25, 0.3) is 0 Å². The number of ether oxygens (including phenoxy) is 2. The second kappa shape index (κ2) is 2.90. The van der Waals surface area contributed by atoms with Crippen molar-refractivity contribution < 1.29 is 23.4 Å². The number of alkyl halides is 2. The highest BCUT2D eigenvalue weighted by molar-refractivity contribution is 4.94. The molecule has 12 heavy (non-hydrogen) atoms. The van der Waals surface area contributed by atoms with Gasteiger partial charge in [-0.25, -0.2) is 8.78 Å². The van der Waals surface area contributed by atoms with E-state index in [4.69, 9.17) is 9.47 Å². The lowest BCUT2D eigenvalue weighted by molar-refractivity contribution is -0.0139. The number of rotatable bonds is 1. The Morgan fingerprint density at radius 1 is 1.17 bits per heavy atom. The van der Waals surface area contributed by atoms with Gasteiger partial charge in [0, 0.05) is 0 Å². The van der Waals surface area contributed by atoms with Crippen molar-refractivity contribution in [2.24, 2.45) is 5.92 Å². The molecule has 4 atom stereocenters. The van der Waals surface area contributed by atoms with Gasteiger partial charge >= 0.3 is 0 Å². The largest absolute Gasteiger partial charge is 0.388 e. The van der Waals surface area contributed by atoms with Crippen molar-refractivity contribution in [3.8, 4) is 0 Å². The summed E-state index contributed by atoms with van der Waals surface area (Å²) in [5, 5.41) is 9.20. The van der Waals surface area contributed by atoms with E-state index in [1.165, 1.54) is 0 Å². The minimum atomic E-state index is -2.43. The van der Waals surface area contributed by atoms with Gasteiger partial charge in [0.05, 0.1) is 25.2 Å². The minimum absolute atomic E-state index is 0.00986. The highest BCUT2D eigenvalue weighted by Gasteiger charge is 2.50. The van der Waals surface area contributed by atoms with Gasteiger partial charge in [-0.3, -0.25) is 0 Å². The Morgan fingerprint density at radius 2 is 1.83 bits per heavy atom. The maximum Gasteiger partial charge on any atom is 0.246 e. The van der Waals surface area contributed by atoms with Crippen LogP contribution in [0, 0.1) is 5.92 Å². The summed E-state index contributed by atoms with van der Waals surface area (Å²) >= 11 is 0. The van der Waals surface area contributed by atoms with Gasteiger partial charge in [0.2, 0.25) is 6.43 Å². The van der Waals surface area contributed by atoms with Crippen LogP contribution in [0.1, 0.15) is 0 Å². The van der Waals surface area contributed by atoms with Crippen molar-refractivity contribution in [2.75, 3.05) is 13.2 Å². The van der Waals surface area contributed by atoms with E-state index in [2.05, 4.69) is 0 Å². The summed E-state index contributed by atoms with van der Waals surface area (Å²) in [6, 6.07) is 0. The van der Waals surface area contributed by atoms with E-state index >= 15 is 0 Å². The molecule has 0 aromatic rings. The first-order valence-electron chi connectivity index (χ1n) is 3.89. The maximum atomic E-state index is 12.3. The first kappa shape index (κ1) is 8.34. The molecule has 2 rings (SSSR count). The van der Waals surface area contributed by atoms with E-state index in [0.29, 0.717) is 0 Å². The van der Waals surface area contributed by atoms with Crippen molar-refractivity contribution in [3.63, 3.8) is 0 Å². The van der Waals surface area contributed by atoms with Crippen LogP contribution >= 0.6 is 0 Å². The Labute approximate surface area is 68.3 Å². The van der Waals surface area contributed by atoms with Crippen LogP contribution in [0.5, 0.6) is 0 Å². The number of hydrogen-bond acceptors (Lipinski definition) is 3. The van der Waals surface area contributed by atoms with Crippen LogP contribution in [0.4, 0.5) is 8.78 Å². The molecule has 2 aliphatic heterocycles. The zero-order valence-electron chi connectivity index (χ0n) is 6.32. The molecule has 0 aliphatic carbocycles. The molecular formula is C7H10F2O3. The molecule has 0 saturated carbocycles. The lowest BCUT2D eigenvalue weighted by atomic mass is 10.0. The predicted octanol–water partition coefficient (Wildman–Crippen LogP) is 0.0262. The smallest absolute Gasteiger partial charge is 0.246 e. The highest BCUT2D eigenvalue weighted by Crippen LogP contribution is 2.34. The SMILES string of the molecule is O[C@@H]1CO[C@H]2[C@@H]1OC[C@H]2C(F)F. The van der Waals surface area contributed by atoms with Crippen molar-refractivity contribution in [3.05, 3.63) is 0 Å². The molecule has 5 heteroatoms. The molecule has 0 unspecified atom stereocenters. The van der Waals surface area contributed by atoms with Gasteiger partial charge in [0.15, 0.2) is 0 Å². The summed E-state index contributed by atoms with van der Waals surface area (Å²) in [6.45, 7) is 0.0998. The van der Waals surface area contributed by atoms with Crippen molar-refractivity contribution in [2.45, 2.75) is 24.7 Å². The standard InChI is InChI=1S/C7H10F2O3/c8-7(9)3-1-11-6-4(10)2-12-5(3)6/h3-7,10H,1-2H2/t3-,4-,5-,6-/m1/s1. The van der Waals surface area contributed by atoms with Crippen LogP contribution in [0.2, 0.25) is 0 Å². The number of aliphatic hydroxyl groups excluding tert-OH is 1. The Morgan fingerprint density at radius 3 is 2.50 bits per heavy atom. The maximum absolute atomic E-state index is 12.3. The highest BCUT2D eigenvalue weighted by atomic mass is 19.3. The number of hydrogen-bond donors (Lipinski definition) is 1. The van der Waals surface area contributed by atoms with Crippen LogP contribution in [0.15, 0.2) is 0 Å². The Kier molecular flexibility index (Phi) is 2.02. The molecule has 2 fully saturated rings. The molecule has 0 aromatic carbocycles. The third-order valence-electron chi connectivity index (χ3n) is 2.39. The van der Waals surface area contributed by atoms with E-state index in [0.717, 1.165) is 0 Å². The first-order valence-corrected chi connectivity index (χ1v) is 3.89. The van der Waals surface area contributed by atoms with Crippen LogP contribution < -0.4 is 0 Å². The Bertz CT molecular complexity index is 176. The number of aliphatic hydroxyl groups is 1. The number of halogens is 2. The molecule has 0 amide bonds. The summed E-state index contributed by atoms with van der Waals surface area (Å²) in [5.74, 6) is -0.868. The fraction of sp³-hybridized carbons (Fsp3) is 1.00. The van der Waals surface area contributed by atoms with Crippen LogP contribution in [-0.4, -0.2) is 43.1 Å². The lowest BCUT2D eigenvalue weighted by Gasteiger charge is -2.13. The van der Waals surface area contributed by atoms with E-state index in [1.807, 2.05) is 0 Å². The minimum Gasteiger partial charge on any atom is -0.388 e. The van der Waals surface area contributed by atoms with Crippen LogP contribution in [0.3, 0.4) is 0 Å². The molecule has 2 saturated heterocycles. The fourth-order valence-electron chi connectivity index (χ4n) is 1.72. The van der Waals surface area contributed by atoms with Gasteiger partial charge in [-0.1, -0.05) is 0 Å². The quantitative estimate of drug-likeness (QED) is 0.618. The van der Waals surface area contributed by atoms with Gasteiger partial charge in [-0.15, -0.1) is 0 Å². The second-order valence-electron chi connectivity index (χ2n) is 3.16. The molecule has 2 heterocycles. The summed E-state index contributed by atoms with van der Waals surface area (Å²) < 4.78 is 34.5. The Balaban J connectivity index is 2.05. The average Bonchev–Trinajstić information content (AvgIpc) is 2.53. The molecule has 0 aromatic heterocycles. The molecular weight excluding hydrogens is 170 g/mol. The zero-order chi connectivity index (χ0) is 8.72. The van der Waals surface area contributed by atoms with E-state index in [-0.39, 0.29) is 13.2 Å². The molecule has 1 N–H and O–H groups in total. The summed E-state index contributed by atoms with van der Waals surface area (Å²) in [7, 11) is 0. The average molecular weight is 180 g/mol. The molecule has 70 valence electrons.